The van der Waals surface area contributed by atoms with Gasteiger partial charge in [-0.3, -0.25) is 9.36 Å². The molecule has 116 valence electrons. The molecule has 0 spiro atoms. The van der Waals surface area contributed by atoms with Crippen molar-refractivity contribution in [3.05, 3.63) is 36.5 Å². The van der Waals surface area contributed by atoms with Crippen molar-refractivity contribution in [2.45, 2.75) is 32.8 Å². The lowest BCUT2D eigenvalue weighted by atomic mass is 10.3. The molecule has 22 heavy (non-hydrogen) atoms. The number of aryl methyl sites for hydroxylation is 1. The summed E-state index contributed by atoms with van der Waals surface area (Å²) in [7, 11) is 0. The van der Waals surface area contributed by atoms with E-state index in [0.29, 0.717) is 24.0 Å². The van der Waals surface area contributed by atoms with Gasteiger partial charge in [0.05, 0.1) is 12.3 Å². The molecule has 1 aliphatic carbocycles. The van der Waals surface area contributed by atoms with Crippen LogP contribution >= 0.6 is 0 Å². The van der Waals surface area contributed by atoms with Crippen LogP contribution in [0.2, 0.25) is 0 Å². The Labute approximate surface area is 129 Å². The lowest BCUT2D eigenvalue weighted by Crippen LogP contribution is -2.29. The van der Waals surface area contributed by atoms with Crippen molar-refractivity contribution in [2.75, 3.05) is 11.9 Å². The van der Waals surface area contributed by atoms with Crippen molar-refractivity contribution in [1.82, 2.24) is 14.5 Å². The van der Waals surface area contributed by atoms with Gasteiger partial charge in [0.15, 0.2) is 5.82 Å². The fourth-order valence-electron chi connectivity index (χ4n) is 2.16. The number of nitrogens with zero attached hydrogens (tertiary/aromatic N) is 3. The van der Waals surface area contributed by atoms with Gasteiger partial charge in [0.2, 0.25) is 0 Å². The molecule has 1 N–H and O–H groups in total. The van der Waals surface area contributed by atoms with E-state index in [9.17, 15) is 4.79 Å². The third kappa shape index (κ3) is 3.33. The predicted molar refractivity (Wildman–Crippen MR) is 82.9 cm³/mol. The van der Waals surface area contributed by atoms with Crippen LogP contribution < -0.4 is 5.32 Å². The first-order valence-corrected chi connectivity index (χ1v) is 7.53. The number of hydrogen-bond acceptors (Lipinski definition) is 4. The number of carbonyl (C=O) groups is 1. The summed E-state index contributed by atoms with van der Waals surface area (Å²) in [6.45, 7) is 4.33. The zero-order chi connectivity index (χ0) is 15.5. The van der Waals surface area contributed by atoms with Gasteiger partial charge in [0.1, 0.15) is 11.9 Å². The third-order valence-electron chi connectivity index (χ3n) is 3.75. The number of ether oxygens (including phenoxy) is 1. The van der Waals surface area contributed by atoms with Gasteiger partial charge in [-0.05, 0) is 44.7 Å². The second-order valence-electron chi connectivity index (χ2n) is 5.63. The highest BCUT2D eigenvalue weighted by Gasteiger charge is 2.24. The van der Waals surface area contributed by atoms with E-state index in [-0.39, 0.29) is 5.91 Å². The monoisotopic (exact) mass is 300 g/mol. The zero-order valence-corrected chi connectivity index (χ0v) is 12.8. The van der Waals surface area contributed by atoms with Gasteiger partial charge in [-0.1, -0.05) is 0 Å². The minimum absolute atomic E-state index is 0.160. The first-order valence-electron chi connectivity index (χ1n) is 7.53. The highest BCUT2D eigenvalue weighted by molar-refractivity contribution is 5.95. The number of rotatable bonds is 6. The van der Waals surface area contributed by atoms with E-state index < -0.39 is 6.10 Å². The van der Waals surface area contributed by atoms with Crippen molar-refractivity contribution >= 4 is 11.6 Å². The van der Waals surface area contributed by atoms with E-state index in [2.05, 4.69) is 15.3 Å². The molecule has 1 saturated carbocycles. The lowest BCUT2D eigenvalue weighted by molar-refractivity contribution is -0.126. The SMILES string of the molecule is Cc1nccn1-c1ncccc1NC(=O)[C@@H](C)OCC1CC1. The summed E-state index contributed by atoms with van der Waals surface area (Å²) in [5.41, 5.74) is 0.649. The largest absolute Gasteiger partial charge is 0.368 e. The van der Waals surface area contributed by atoms with E-state index in [1.165, 1.54) is 12.8 Å². The Morgan fingerprint density at radius 3 is 2.95 bits per heavy atom. The fourth-order valence-corrected chi connectivity index (χ4v) is 2.16. The Morgan fingerprint density at radius 1 is 1.45 bits per heavy atom. The highest BCUT2D eigenvalue weighted by Crippen LogP contribution is 2.29. The molecule has 6 nitrogen and oxygen atoms in total. The lowest BCUT2D eigenvalue weighted by Gasteiger charge is -2.15. The van der Waals surface area contributed by atoms with Gasteiger partial charge in [0.25, 0.3) is 5.91 Å². The molecule has 0 aromatic carbocycles. The number of imidazole rings is 1. The van der Waals surface area contributed by atoms with Crippen molar-refractivity contribution < 1.29 is 9.53 Å². The quantitative estimate of drug-likeness (QED) is 0.889. The first-order chi connectivity index (χ1) is 10.6. The molecule has 2 aromatic rings. The smallest absolute Gasteiger partial charge is 0.253 e. The standard InChI is InChI=1S/C16H20N4O2/c1-11(22-10-13-5-6-13)16(21)19-14-4-3-7-18-15(14)20-9-8-17-12(20)2/h3-4,7-9,11,13H,5-6,10H2,1-2H3,(H,19,21)/t11-/m1/s1. The minimum atomic E-state index is -0.474. The third-order valence-corrected chi connectivity index (χ3v) is 3.75. The van der Waals surface area contributed by atoms with Crippen molar-refractivity contribution in [1.29, 1.82) is 0 Å². The van der Waals surface area contributed by atoms with E-state index in [1.54, 1.807) is 25.4 Å². The maximum absolute atomic E-state index is 12.3. The van der Waals surface area contributed by atoms with Crippen molar-refractivity contribution in [3.63, 3.8) is 0 Å². The predicted octanol–water partition coefficient (Wildman–Crippen LogP) is 2.33. The van der Waals surface area contributed by atoms with Gasteiger partial charge in [-0.2, -0.15) is 0 Å². The van der Waals surface area contributed by atoms with Crippen LogP contribution in [0.25, 0.3) is 5.82 Å². The van der Waals surface area contributed by atoms with Crippen LogP contribution in [-0.4, -0.2) is 33.2 Å². The van der Waals surface area contributed by atoms with Gasteiger partial charge in [-0.15, -0.1) is 0 Å². The van der Waals surface area contributed by atoms with Gasteiger partial charge in [0, 0.05) is 18.6 Å². The molecule has 6 heteroatoms. The van der Waals surface area contributed by atoms with Crippen LogP contribution in [0.15, 0.2) is 30.7 Å². The van der Waals surface area contributed by atoms with Crippen LogP contribution in [0.5, 0.6) is 0 Å². The van der Waals surface area contributed by atoms with E-state index in [1.807, 2.05) is 23.8 Å². The molecule has 0 unspecified atom stereocenters. The summed E-state index contributed by atoms with van der Waals surface area (Å²) in [5.74, 6) is 1.94. The van der Waals surface area contributed by atoms with Crippen LogP contribution in [0.1, 0.15) is 25.6 Å². The molecule has 0 radical (unpaired) electrons. The van der Waals surface area contributed by atoms with Crippen molar-refractivity contribution in [3.8, 4) is 5.82 Å². The molecule has 1 fully saturated rings. The Morgan fingerprint density at radius 2 is 2.27 bits per heavy atom. The first kappa shape index (κ1) is 14.7. The Kier molecular flexibility index (Phi) is 4.20. The normalized spacial score (nSPS) is 15.5. The minimum Gasteiger partial charge on any atom is -0.368 e. The summed E-state index contributed by atoms with van der Waals surface area (Å²) in [5, 5.41) is 2.89. The molecular formula is C16H20N4O2. The molecular weight excluding hydrogens is 280 g/mol. The molecule has 1 atom stereocenters. The molecule has 2 aromatic heterocycles. The molecule has 1 amide bonds. The second kappa shape index (κ2) is 6.27. The highest BCUT2D eigenvalue weighted by atomic mass is 16.5. The Bertz CT molecular complexity index is 664. The summed E-state index contributed by atoms with van der Waals surface area (Å²) < 4.78 is 7.44. The fraction of sp³-hybridized carbons (Fsp3) is 0.438. The summed E-state index contributed by atoms with van der Waals surface area (Å²) in [6, 6.07) is 3.62. The topological polar surface area (TPSA) is 69.0 Å². The number of pyridine rings is 1. The van der Waals surface area contributed by atoms with Gasteiger partial charge >= 0.3 is 0 Å². The average molecular weight is 300 g/mol. The summed E-state index contributed by atoms with van der Waals surface area (Å²) in [4.78, 5) is 20.8. The molecule has 2 heterocycles. The second-order valence-corrected chi connectivity index (χ2v) is 5.63. The van der Waals surface area contributed by atoms with Crippen LogP contribution in [-0.2, 0) is 9.53 Å². The van der Waals surface area contributed by atoms with Gasteiger partial charge < -0.3 is 10.1 Å². The number of carbonyl (C=O) groups excluding carboxylic acids is 1. The zero-order valence-electron chi connectivity index (χ0n) is 12.8. The van der Waals surface area contributed by atoms with E-state index in [4.69, 9.17) is 4.74 Å². The maximum atomic E-state index is 12.3. The number of aromatic nitrogens is 3. The Hall–Kier alpha value is -2.21. The van der Waals surface area contributed by atoms with Crippen molar-refractivity contribution in [2.24, 2.45) is 5.92 Å². The number of amides is 1. The van der Waals surface area contributed by atoms with Crippen LogP contribution in [0, 0.1) is 12.8 Å². The number of nitrogens with one attached hydrogen (secondary N) is 1. The summed E-state index contributed by atoms with van der Waals surface area (Å²) >= 11 is 0. The molecule has 3 rings (SSSR count). The van der Waals surface area contributed by atoms with Crippen LogP contribution in [0.4, 0.5) is 5.69 Å². The average Bonchev–Trinajstić information content (AvgIpc) is 3.26. The maximum Gasteiger partial charge on any atom is 0.253 e. The molecule has 1 aliphatic rings. The Balaban J connectivity index is 1.71. The summed E-state index contributed by atoms with van der Waals surface area (Å²) in [6.07, 6.45) is 7.16. The van der Waals surface area contributed by atoms with E-state index >= 15 is 0 Å². The van der Waals surface area contributed by atoms with Crippen LogP contribution in [0.3, 0.4) is 0 Å². The van der Waals surface area contributed by atoms with Gasteiger partial charge in [-0.25, -0.2) is 9.97 Å². The molecule has 0 aliphatic heterocycles. The number of hydrogen-bond donors (Lipinski definition) is 1. The number of anilines is 1. The molecule has 0 saturated heterocycles. The molecule has 0 bridgehead atoms. The van der Waals surface area contributed by atoms with E-state index in [0.717, 1.165) is 5.82 Å².